The average molecular weight is 371 g/mol. The van der Waals surface area contributed by atoms with E-state index in [0.29, 0.717) is 19.3 Å². The molecule has 0 radical (unpaired) electrons. The van der Waals surface area contributed by atoms with Gasteiger partial charge in [0.1, 0.15) is 11.4 Å². The first kappa shape index (κ1) is 21.4. The van der Waals surface area contributed by atoms with Crippen LogP contribution in [0.2, 0.25) is 0 Å². The zero-order chi connectivity index (χ0) is 20.4. The van der Waals surface area contributed by atoms with Crippen LogP contribution < -0.4 is 0 Å². The first-order chi connectivity index (χ1) is 12.6. The van der Waals surface area contributed by atoms with Crippen LogP contribution in [0.1, 0.15) is 69.7 Å². The van der Waals surface area contributed by atoms with Gasteiger partial charge in [0.25, 0.3) is 0 Å². The van der Waals surface area contributed by atoms with Gasteiger partial charge in [-0.3, -0.25) is 9.59 Å². The Balaban J connectivity index is 2.26. The van der Waals surface area contributed by atoms with Gasteiger partial charge in [-0.1, -0.05) is 43.7 Å². The molecule has 0 spiro atoms. The number of hydrogen-bond acceptors (Lipinski definition) is 3. The van der Waals surface area contributed by atoms with Crippen molar-refractivity contribution in [1.82, 2.24) is 0 Å². The van der Waals surface area contributed by atoms with Crippen LogP contribution in [0.5, 0.6) is 0 Å². The summed E-state index contributed by atoms with van der Waals surface area (Å²) in [5, 5.41) is 0. The van der Waals surface area contributed by atoms with E-state index in [-0.39, 0.29) is 17.7 Å². The number of aryl methyl sites for hydroxylation is 3. The van der Waals surface area contributed by atoms with E-state index in [1.54, 1.807) is 0 Å². The van der Waals surface area contributed by atoms with E-state index < -0.39 is 11.5 Å². The second-order valence-corrected chi connectivity index (χ2v) is 8.82. The maximum Gasteiger partial charge on any atom is 0.310 e. The van der Waals surface area contributed by atoms with E-state index in [0.717, 1.165) is 24.0 Å². The van der Waals surface area contributed by atoms with Crippen molar-refractivity contribution in [3.05, 3.63) is 46.5 Å². The van der Waals surface area contributed by atoms with Gasteiger partial charge in [0.15, 0.2) is 0 Å². The molecule has 27 heavy (non-hydrogen) atoms. The second kappa shape index (κ2) is 8.41. The summed E-state index contributed by atoms with van der Waals surface area (Å²) in [6, 6.07) is 4.36. The molecule has 0 aromatic heterocycles. The third-order valence-corrected chi connectivity index (χ3v) is 5.32. The highest BCUT2D eigenvalue weighted by atomic mass is 16.6. The number of esters is 1. The fourth-order valence-corrected chi connectivity index (χ4v) is 4.09. The molecule has 3 nitrogen and oxygen atoms in total. The number of benzene rings is 1. The average Bonchev–Trinajstić information content (AvgIpc) is 2.96. The van der Waals surface area contributed by atoms with Crippen molar-refractivity contribution in [3.8, 4) is 0 Å². The number of ketones is 1. The fraction of sp³-hybridized carbons (Fsp3) is 0.583. The van der Waals surface area contributed by atoms with Crippen LogP contribution in [0, 0.1) is 18.8 Å². The molecule has 0 N–H and O–H groups in total. The molecule has 1 aromatic rings. The van der Waals surface area contributed by atoms with Crippen LogP contribution in [0.15, 0.2) is 24.3 Å². The Morgan fingerprint density at radius 2 is 1.59 bits per heavy atom. The first-order valence-electron chi connectivity index (χ1n) is 10.1. The number of rotatable bonds is 6. The Morgan fingerprint density at radius 3 is 2.07 bits per heavy atom. The van der Waals surface area contributed by atoms with Gasteiger partial charge in [-0.2, -0.15) is 0 Å². The highest BCUT2D eigenvalue weighted by molar-refractivity contribution is 5.90. The Bertz CT molecular complexity index is 711. The van der Waals surface area contributed by atoms with E-state index in [1.807, 2.05) is 20.8 Å². The monoisotopic (exact) mass is 370 g/mol. The van der Waals surface area contributed by atoms with Gasteiger partial charge < -0.3 is 4.74 Å². The smallest absolute Gasteiger partial charge is 0.310 e. The molecule has 0 amide bonds. The van der Waals surface area contributed by atoms with Gasteiger partial charge >= 0.3 is 5.97 Å². The lowest BCUT2D eigenvalue weighted by atomic mass is 9.85. The van der Waals surface area contributed by atoms with Crippen molar-refractivity contribution in [1.29, 1.82) is 0 Å². The van der Waals surface area contributed by atoms with Gasteiger partial charge in [0, 0.05) is 12.3 Å². The predicted molar refractivity (Wildman–Crippen MR) is 110 cm³/mol. The maximum atomic E-state index is 13.2. The summed E-state index contributed by atoms with van der Waals surface area (Å²) in [4.78, 5) is 25.9. The van der Waals surface area contributed by atoms with E-state index >= 15 is 0 Å². The Kier molecular flexibility index (Phi) is 6.67. The largest absolute Gasteiger partial charge is 0.460 e. The van der Waals surface area contributed by atoms with Crippen molar-refractivity contribution in [3.63, 3.8) is 0 Å². The number of ether oxygens (including phenoxy) is 1. The molecule has 148 valence electrons. The SMILES string of the molecule is C=C1C[C@H](C(=O)Cc2c(CC)cc(C)cc2CC)[C@H](C(=O)OC(C)(C)C)C1. The summed E-state index contributed by atoms with van der Waals surface area (Å²) >= 11 is 0. The summed E-state index contributed by atoms with van der Waals surface area (Å²) in [6.07, 6.45) is 3.36. The molecule has 0 heterocycles. The minimum atomic E-state index is -0.545. The number of hydrogen-bond donors (Lipinski definition) is 0. The Labute approximate surface area is 164 Å². The summed E-state index contributed by atoms with van der Waals surface area (Å²) in [7, 11) is 0. The summed E-state index contributed by atoms with van der Waals surface area (Å²) in [6.45, 7) is 16.0. The lowest BCUT2D eigenvalue weighted by molar-refractivity contribution is -0.162. The number of carbonyl (C=O) groups is 2. The number of allylic oxidation sites excluding steroid dienone is 1. The summed E-state index contributed by atoms with van der Waals surface area (Å²) in [5.74, 6) is -0.847. The van der Waals surface area contributed by atoms with Crippen molar-refractivity contribution in [2.45, 2.75) is 79.2 Å². The normalized spacial score (nSPS) is 20.0. The molecule has 2 atom stereocenters. The van der Waals surface area contributed by atoms with Gasteiger partial charge in [0.05, 0.1) is 5.92 Å². The molecule has 2 rings (SSSR count). The molecule has 1 aliphatic carbocycles. The minimum Gasteiger partial charge on any atom is -0.460 e. The highest BCUT2D eigenvalue weighted by Crippen LogP contribution is 2.38. The molecule has 3 heteroatoms. The van der Waals surface area contributed by atoms with Gasteiger partial charge in [-0.15, -0.1) is 0 Å². The van der Waals surface area contributed by atoms with Crippen molar-refractivity contribution in [2.24, 2.45) is 11.8 Å². The lowest BCUT2D eigenvalue weighted by Crippen LogP contribution is -2.33. The molecule has 0 bridgehead atoms. The summed E-state index contributed by atoms with van der Waals surface area (Å²) < 4.78 is 5.57. The van der Waals surface area contributed by atoms with Gasteiger partial charge in [-0.05, 0) is 70.1 Å². The van der Waals surface area contributed by atoms with Crippen molar-refractivity contribution in [2.75, 3.05) is 0 Å². The fourth-order valence-electron chi connectivity index (χ4n) is 4.09. The molecule has 0 aliphatic heterocycles. The van der Waals surface area contributed by atoms with Gasteiger partial charge in [0.2, 0.25) is 0 Å². The molecule has 0 saturated heterocycles. The molecule has 1 fully saturated rings. The third-order valence-electron chi connectivity index (χ3n) is 5.32. The molecular formula is C24H34O3. The zero-order valence-corrected chi connectivity index (χ0v) is 17.8. The van der Waals surface area contributed by atoms with Crippen molar-refractivity contribution >= 4 is 11.8 Å². The van der Waals surface area contributed by atoms with Gasteiger partial charge in [-0.25, -0.2) is 0 Å². The molecule has 0 unspecified atom stereocenters. The Hall–Kier alpha value is -1.90. The van der Waals surface area contributed by atoms with E-state index in [4.69, 9.17) is 4.74 Å². The third kappa shape index (κ3) is 5.31. The number of carbonyl (C=O) groups excluding carboxylic acids is 2. The molecule has 1 aromatic carbocycles. The summed E-state index contributed by atoms with van der Waals surface area (Å²) in [5.41, 5.74) is 5.30. The Morgan fingerprint density at radius 1 is 1.07 bits per heavy atom. The van der Waals surface area contributed by atoms with E-state index in [2.05, 4.69) is 39.5 Å². The maximum absolute atomic E-state index is 13.2. The van der Waals surface area contributed by atoms with Crippen LogP contribution in [-0.2, 0) is 33.6 Å². The van der Waals surface area contributed by atoms with Crippen molar-refractivity contribution < 1.29 is 14.3 Å². The zero-order valence-electron chi connectivity index (χ0n) is 17.8. The molecule has 1 saturated carbocycles. The molecular weight excluding hydrogens is 336 g/mol. The first-order valence-corrected chi connectivity index (χ1v) is 10.1. The van der Waals surface area contributed by atoms with Crippen LogP contribution in [0.25, 0.3) is 0 Å². The quantitative estimate of drug-likeness (QED) is 0.513. The predicted octanol–water partition coefficient (Wildman–Crippen LogP) is 5.16. The number of Topliss-reactive ketones (excluding diaryl/α,β-unsaturated/α-hetero) is 1. The van der Waals surface area contributed by atoms with Crippen LogP contribution in [-0.4, -0.2) is 17.4 Å². The van der Waals surface area contributed by atoms with Crippen LogP contribution in [0.3, 0.4) is 0 Å². The lowest BCUT2D eigenvalue weighted by Gasteiger charge is -2.25. The topological polar surface area (TPSA) is 43.4 Å². The minimum absolute atomic E-state index is 0.137. The highest BCUT2D eigenvalue weighted by Gasteiger charge is 2.41. The molecule has 1 aliphatic rings. The van der Waals surface area contributed by atoms with Crippen LogP contribution >= 0.6 is 0 Å². The van der Waals surface area contributed by atoms with E-state index in [9.17, 15) is 9.59 Å². The van der Waals surface area contributed by atoms with Crippen LogP contribution in [0.4, 0.5) is 0 Å². The second-order valence-electron chi connectivity index (χ2n) is 8.82. The standard InChI is InChI=1S/C24H34O3/c1-8-17-10-15(3)11-18(9-2)19(17)14-22(25)20-12-16(4)13-21(20)23(26)27-24(5,6)7/h10-11,20-21H,4,8-9,12-14H2,1-3,5-7H3/t20-,21+/m0/s1. The van der Waals surface area contributed by atoms with E-state index in [1.165, 1.54) is 16.7 Å².